The van der Waals surface area contributed by atoms with Gasteiger partial charge in [0.25, 0.3) is 5.79 Å². The molecule has 0 radical (unpaired) electrons. The molecule has 0 aromatic rings. The van der Waals surface area contributed by atoms with E-state index in [-0.39, 0.29) is 5.41 Å². The van der Waals surface area contributed by atoms with Gasteiger partial charge in [0.1, 0.15) is 12.0 Å². The van der Waals surface area contributed by atoms with E-state index in [9.17, 15) is 0 Å². The average Bonchev–Trinajstić information content (AvgIpc) is 2.92. The van der Waals surface area contributed by atoms with E-state index in [1.165, 1.54) is 70.9 Å². The number of hydrogen-bond donors (Lipinski definition) is 0. The highest BCUT2D eigenvalue weighted by Gasteiger charge is 2.49. The SMILES string of the molecule is CC(C)(CC1CCCCC1)C1(C)OC=C(CN2CCCCC2)O1. The van der Waals surface area contributed by atoms with Crippen LogP contribution in [-0.4, -0.2) is 30.3 Å². The van der Waals surface area contributed by atoms with Crippen molar-refractivity contribution in [3.8, 4) is 0 Å². The minimum Gasteiger partial charge on any atom is -0.456 e. The molecule has 3 rings (SSSR count). The van der Waals surface area contributed by atoms with E-state index < -0.39 is 5.79 Å². The first-order valence-electron chi connectivity index (χ1n) is 9.77. The third-order valence-electron chi connectivity index (χ3n) is 6.32. The molecule has 1 aliphatic carbocycles. The van der Waals surface area contributed by atoms with E-state index in [1.54, 1.807) is 0 Å². The van der Waals surface area contributed by atoms with E-state index in [4.69, 9.17) is 9.47 Å². The highest BCUT2D eigenvalue weighted by Crippen LogP contribution is 2.46. The molecular formula is C20H35NO2. The summed E-state index contributed by atoms with van der Waals surface area (Å²) in [5, 5.41) is 0. The van der Waals surface area contributed by atoms with Gasteiger partial charge >= 0.3 is 0 Å². The lowest BCUT2D eigenvalue weighted by Gasteiger charge is -2.42. The Morgan fingerprint density at radius 3 is 2.43 bits per heavy atom. The quantitative estimate of drug-likeness (QED) is 0.705. The second-order valence-corrected chi connectivity index (χ2v) is 8.68. The molecule has 0 aromatic heterocycles. The molecule has 1 unspecified atom stereocenters. The number of nitrogens with zero attached hydrogens (tertiary/aromatic N) is 1. The highest BCUT2D eigenvalue weighted by molar-refractivity contribution is 5.03. The molecule has 2 fully saturated rings. The summed E-state index contributed by atoms with van der Waals surface area (Å²) in [5.74, 6) is 1.36. The van der Waals surface area contributed by atoms with Crippen molar-refractivity contribution in [3.05, 3.63) is 12.0 Å². The maximum atomic E-state index is 6.36. The largest absolute Gasteiger partial charge is 0.456 e. The number of hydrogen-bond acceptors (Lipinski definition) is 3. The maximum absolute atomic E-state index is 6.36. The molecule has 0 N–H and O–H groups in total. The molecule has 2 heterocycles. The van der Waals surface area contributed by atoms with Crippen molar-refractivity contribution in [2.24, 2.45) is 11.3 Å². The summed E-state index contributed by atoms with van der Waals surface area (Å²) < 4.78 is 12.4. The first kappa shape index (κ1) is 17.1. The minimum absolute atomic E-state index is 0.0369. The van der Waals surface area contributed by atoms with Crippen LogP contribution in [-0.2, 0) is 9.47 Å². The second-order valence-electron chi connectivity index (χ2n) is 8.68. The van der Waals surface area contributed by atoms with Crippen molar-refractivity contribution in [1.82, 2.24) is 4.90 Å². The Kier molecular flexibility index (Phi) is 5.25. The van der Waals surface area contributed by atoms with Crippen LogP contribution < -0.4 is 0 Å². The van der Waals surface area contributed by atoms with Crippen molar-refractivity contribution < 1.29 is 9.47 Å². The molecular weight excluding hydrogens is 286 g/mol. The monoisotopic (exact) mass is 321 g/mol. The summed E-state index contributed by atoms with van der Waals surface area (Å²) in [6.07, 6.45) is 14.1. The third-order valence-corrected chi connectivity index (χ3v) is 6.32. The zero-order chi connectivity index (χ0) is 16.3. The van der Waals surface area contributed by atoms with E-state index in [0.717, 1.165) is 18.2 Å². The molecule has 0 bridgehead atoms. The maximum Gasteiger partial charge on any atom is 0.252 e. The Labute approximate surface area is 142 Å². The van der Waals surface area contributed by atoms with Gasteiger partial charge in [0, 0.05) is 12.3 Å². The highest BCUT2D eigenvalue weighted by atomic mass is 16.7. The zero-order valence-corrected chi connectivity index (χ0v) is 15.4. The van der Waals surface area contributed by atoms with Gasteiger partial charge in [-0.15, -0.1) is 0 Å². The predicted molar refractivity (Wildman–Crippen MR) is 93.9 cm³/mol. The predicted octanol–water partition coefficient (Wildman–Crippen LogP) is 5.07. The van der Waals surface area contributed by atoms with Crippen molar-refractivity contribution in [2.45, 2.75) is 84.3 Å². The number of ether oxygens (including phenoxy) is 2. The van der Waals surface area contributed by atoms with Gasteiger partial charge in [-0.05, 0) is 38.3 Å². The van der Waals surface area contributed by atoms with Crippen molar-refractivity contribution in [2.75, 3.05) is 19.6 Å². The Hall–Kier alpha value is -0.700. The van der Waals surface area contributed by atoms with Crippen molar-refractivity contribution >= 4 is 0 Å². The van der Waals surface area contributed by atoms with Crippen LogP contribution in [0.4, 0.5) is 0 Å². The van der Waals surface area contributed by atoms with Gasteiger partial charge in [0.15, 0.2) is 0 Å². The van der Waals surface area contributed by atoms with Gasteiger partial charge in [-0.2, -0.15) is 0 Å². The molecule has 0 spiro atoms. The molecule has 1 saturated heterocycles. The summed E-state index contributed by atoms with van der Waals surface area (Å²) in [6, 6.07) is 0. The van der Waals surface area contributed by atoms with E-state index in [1.807, 2.05) is 6.26 Å². The van der Waals surface area contributed by atoms with Crippen molar-refractivity contribution in [1.29, 1.82) is 0 Å². The van der Waals surface area contributed by atoms with E-state index in [0.29, 0.717) is 0 Å². The van der Waals surface area contributed by atoms with Crippen LogP contribution >= 0.6 is 0 Å². The van der Waals surface area contributed by atoms with Crippen LogP contribution in [0.3, 0.4) is 0 Å². The van der Waals surface area contributed by atoms with Crippen LogP contribution in [0.1, 0.15) is 78.6 Å². The lowest BCUT2D eigenvalue weighted by Crippen LogP contribution is -2.45. The summed E-state index contributed by atoms with van der Waals surface area (Å²) in [6.45, 7) is 10.1. The Bertz CT molecular complexity index is 419. The standard InChI is InChI=1S/C20H35NO2/c1-19(2,14-17-10-6-4-7-11-17)20(3)22-16-18(23-20)15-21-12-8-5-9-13-21/h16-17H,4-15H2,1-3H3. The van der Waals surface area contributed by atoms with Crippen LogP contribution in [0.5, 0.6) is 0 Å². The molecule has 3 nitrogen and oxygen atoms in total. The Balaban J connectivity index is 1.54. The van der Waals surface area contributed by atoms with Crippen LogP contribution in [0.15, 0.2) is 12.0 Å². The lowest BCUT2D eigenvalue weighted by atomic mass is 9.72. The topological polar surface area (TPSA) is 21.7 Å². The fourth-order valence-electron chi connectivity index (χ4n) is 4.48. The third kappa shape index (κ3) is 4.04. The smallest absolute Gasteiger partial charge is 0.252 e. The molecule has 3 heteroatoms. The summed E-state index contributed by atoms with van der Waals surface area (Å²) in [4.78, 5) is 2.50. The number of likely N-dealkylation sites (tertiary alicyclic amines) is 1. The summed E-state index contributed by atoms with van der Waals surface area (Å²) in [7, 11) is 0. The molecule has 1 saturated carbocycles. The summed E-state index contributed by atoms with van der Waals surface area (Å²) >= 11 is 0. The normalized spacial score (nSPS) is 30.7. The Morgan fingerprint density at radius 1 is 1.09 bits per heavy atom. The molecule has 0 aromatic carbocycles. The van der Waals surface area contributed by atoms with E-state index >= 15 is 0 Å². The first-order chi connectivity index (χ1) is 11.0. The van der Waals surface area contributed by atoms with Crippen LogP contribution in [0.25, 0.3) is 0 Å². The van der Waals surface area contributed by atoms with E-state index in [2.05, 4.69) is 25.7 Å². The van der Waals surface area contributed by atoms with Gasteiger partial charge in [-0.25, -0.2) is 0 Å². The van der Waals surface area contributed by atoms with Gasteiger partial charge in [-0.3, -0.25) is 4.90 Å². The first-order valence-corrected chi connectivity index (χ1v) is 9.77. The molecule has 23 heavy (non-hydrogen) atoms. The van der Waals surface area contributed by atoms with Crippen LogP contribution in [0, 0.1) is 11.3 Å². The fraction of sp³-hybridized carbons (Fsp3) is 0.900. The van der Waals surface area contributed by atoms with Gasteiger partial charge in [0.2, 0.25) is 0 Å². The van der Waals surface area contributed by atoms with Crippen molar-refractivity contribution in [3.63, 3.8) is 0 Å². The average molecular weight is 322 g/mol. The van der Waals surface area contributed by atoms with Gasteiger partial charge < -0.3 is 9.47 Å². The zero-order valence-electron chi connectivity index (χ0n) is 15.4. The summed E-state index contributed by atoms with van der Waals surface area (Å²) in [5.41, 5.74) is 0.0369. The van der Waals surface area contributed by atoms with Gasteiger partial charge in [-0.1, -0.05) is 52.4 Å². The van der Waals surface area contributed by atoms with Crippen LogP contribution in [0.2, 0.25) is 0 Å². The lowest BCUT2D eigenvalue weighted by molar-refractivity contribution is -0.213. The molecule has 2 aliphatic heterocycles. The Morgan fingerprint density at radius 2 is 1.74 bits per heavy atom. The number of piperidine rings is 1. The second kappa shape index (κ2) is 7.04. The molecule has 132 valence electrons. The molecule has 1 atom stereocenters. The minimum atomic E-state index is -0.504. The fourth-order valence-corrected chi connectivity index (χ4v) is 4.48. The molecule has 0 amide bonds. The number of rotatable bonds is 5. The molecule has 3 aliphatic rings. The van der Waals surface area contributed by atoms with Gasteiger partial charge in [0.05, 0.1) is 6.54 Å².